The molecule has 0 radical (unpaired) electrons. The predicted molar refractivity (Wildman–Crippen MR) is 78.4 cm³/mol. The quantitative estimate of drug-likeness (QED) is 0.569. The van der Waals surface area contributed by atoms with Gasteiger partial charge < -0.3 is 5.11 Å². The lowest BCUT2D eigenvalue weighted by Gasteiger charge is -2.08. The van der Waals surface area contributed by atoms with Gasteiger partial charge in [-0.15, -0.1) is 5.11 Å². The van der Waals surface area contributed by atoms with E-state index in [0.29, 0.717) is 11.3 Å². The normalized spacial score (nSPS) is 14.9. The third kappa shape index (κ3) is 2.60. The second kappa shape index (κ2) is 5.30. The third-order valence-corrected chi connectivity index (χ3v) is 3.92. The molecular formula is C13H11N4O4S+. The van der Waals surface area contributed by atoms with E-state index in [9.17, 15) is 18.1 Å². The van der Waals surface area contributed by atoms with E-state index in [1.165, 1.54) is 6.07 Å². The summed E-state index contributed by atoms with van der Waals surface area (Å²) in [5, 5.41) is 20.1. The number of hydrogen-bond donors (Lipinski definition) is 3. The summed E-state index contributed by atoms with van der Waals surface area (Å²) < 4.78 is 32.2. The van der Waals surface area contributed by atoms with Crippen molar-refractivity contribution in [1.29, 1.82) is 0 Å². The number of phenols is 1. The minimum absolute atomic E-state index is 0.103. The number of hydrogen-bond acceptors (Lipinski definition) is 6. The monoisotopic (exact) mass is 319 g/mol. The summed E-state index contributed by atoms with van der Waals surface area (Å²) in [6.07, 6.45) is 3.24. The van der Waals surface area contributed by atoms with Crippen LogP contribution in [0.5, 0.6) is 5.75 Å². The molecule has 0 atom stereocenters. The largest absolute Gasteiger partial charge is 0.506 e. The van der Waals surface area contributed by atoms with Crippen LogP contribution >= 0.6 is 0 Å². The second-order valence-electron chi connectivity index (χ2n) is 4.46. The first kappa shape index (κ1) is 14.3. The van der Waals surface area contributed by atoms with Gasteiger partial charge in [0.15, 0.2) is 0 Å². The maximum absolute atomic E-state index is 11.4. The summed E-state index contributed by atoms with van der Waals surface area (Å²) in [4.78, 5) is 3.54. The third-order valence-electron chi connectivity index (χ3n) is 3.03. The van der Waals surface area contributed by atoms with Crippen molar-refractivity contribution >= 4 is 32.5 Å². The van der Waals surface area contributed by atoms with Crippen LogP contribution in [0.2, 0.25) is 0 Å². The van der Waals surface area contributed by atoms with Crippen LogP contribution in [0.4, 0.5) is 5.69 Å². The molecule has 0 aliphatic carbocycles. The zero-order valence-electron chi connectivity index (χ0n) is 11.1. The van der Waals surface area contributed by atoms with E-state index in [4.69, 9.17) is 0 Å². The molecule has 0 amide bonds. The number of aliphatic imine (C=N–C) groups is 1. The lowest BCUT2D eigenvalue weighted by Crippen LogP contribution is -2.80. The summed E-state index contributed by atoms with van der Waals surface area (Å²) >= 11 is 0. The van der Waals surface area contributed by atoms with Crippen LogP contribution < -0.4 is 5.32 Å². The molecule has 2 aromatic carbocycles. The molecule has 0 saturated heterocycles. The van der Waals surface area contributed by atoms with Gasteiger partial charge in [-0.2, -0.15) is 13.4 Å². The molecule has 0 bridgehead atoms. The number of nitrogens with zero attached hydrogens (tertiary/aromatic N) is 3. The van der Waals surface area contributed by atoms with Crippen molar-refractivity contribution in [3.05, 3.63) is 42.7 Å². The minimum atomic E-state index is -4.47. The Kier molecular flexibility index (Phi) is 3.45. The van der Waals surface area contributed by atoms with E-state index in [1.807, 2.05) is 0 Å². The van der Waals surface area contributed by atoms with E-state index < -0.39 is 15.9 Å². The van der Waals surface area contributed by atoms with Crippen molar-refractivity contribution < 1.29 is 23.4 Å². The minimum Gasteiger partial charge on any atom is -0.506 e. The van der Waals surface area contributed by atoms with Gasteiger partial charge in [0.25, 0.3) is 10.1 Å². The van der Waals surface area contributed by atoms with Crippen LogP contribution in [0.15, 0.2) is 62.8 Å². The SMILES string of the molecule is O=S(=O)(O)c1cc(O)c(N=NC2=NC=C[NH2+]2)c2ccccc12. The molecule has 1 heterocycles. The molecule has 1 aliphatic rings. The highest BCUT2D eigenvalue weighted by Gasteiger charge is 2.19. The van der Waals surface area contributed by atoms with Gasteiger partial charge in [0, 0.05) is 16.8 Å². The number of quaternary nitrogens is 1. The number of fused-ring (bicyclic) bond motifs is 1. The number of nitrogens with two attached hydrogens (primary N) is 1. The molecular weight excluding hydrogens is 308 g/mol. The summed E-state index contributed by atoms with van der Waals surface area (Å²) in [6, 6.07) is 7.32. The molecule has 22 heavy (non-hydrogen) atoms. The van der Waals surface area contributed by atoms with Gasteiger partial charge in [-0.3, -0.25) is 9.87 Å². The number of guanidine groups is 1. The number of aromatic hydroxyl groups is 1. The zero-order valence-corrected chi connectivity index (χ0v) is 11.9. The Balaban J connectivity index is 2.22. The van der Waals surface area contributed by atoms with Gasteiger partial charge in [-0.1, -0.05) is 29.4 Å². The van der Waals surface area contributed by atoms with E-state index in [1.54, 1.807) is 35.9 Å². The fourth-order valence-electron chi connectivity index (χ4n) is 2.08. The number of benzene rings is 2. The van der Waals surface area contributed by atoms with Crippen molar-refractivity contribution in [3.63, 3.8) is 0 Å². The van der Waals surface area contributed by atoms with Gasteiger partial charge in [0.2, 0.25) is 0 Å². The first-order chi connectivity index (χ1) is 10.5. The van der Waals surface area contributed by atoms with Crippen LogP contribution in [0.3, 0.4) is 0 Å². The Hall–Kier alpha value is -2.62. The highest BCUT2D eigenvalue weighted by molar-refractivity contribution is 7.86. The fraction of sp³-hybridized carbons (Fsp3) is 0. The van der Waals surface area contributed by atoms with Gasteiger partial charge in [0.1, 0.15) is 22.5 Å². The lowest BCUT2D eigenvalue weighted by atomic mass is 10.1. The van der Waals surface area contributed by atoms with E-state index in [-0.39, 0.29) is 16.0 Å². The number of phenolic OH excluding ortho intramolecular Hbond substituents is 1. The van der Waals surface area contributed by atoms with Crippen LogP contribution in [0.1, 0.15) is 0 Å². The highest BCUT2D eigenvalue weighted by atomic mass is 32.2. The molecule has 8 nitrogen and oxygen atoms in total. The van der Waals surface area contributed by atoms with Crippen molar-refractivity contribution in [1.82, 2.24) is 0 Å². The number of rotatable bonds is 2. The average molecular weight is 319 g/mol. The van der Waals surface area contributed by atoms with Gasteiger partial charge in [-0.05, 0) is 0 Å². The first-order valence-corrected chi connectivity index (χ1v) is 7.62. The Morgan fingerprint density at radius 1 is 1.14 bits per heavy atom. The molecule has 0 fully saturated rings. The highest BCUT2D eigenvalue weighted by Crippen LogP contribution is 2.39. The maximum atomic E-state index is 11.4. The average Bonchev–Trinajstić information content (AvgIpc) is 2.98. The Labute approximate surface area is 125 Å². The molecule has 0 aromatic heterocycles. The molecule has 0 saturated carbocycles. The standard InChI is InChI=1S/C13H10N4O4S/c18-10-7-11(22(19,20)21)8-3-1-2-4-9(8)12(10)16-17-13-14-5-6-15-13/h1-7,18H,(H,14,15)(H,19,20,21)/p+1. The van der Waals surface area contributed by atoms with Crippen molar-refractivity contribution in [3.8, 4) is 5.75 Å². The van der Waals surface area contributed by atoms with Crippen molar-refractivity contribution in [2.75, 3.05) is 0 Å². The summed E-state index contributed by atoms with van der Waals surface area (Å²) in [5.74, 6) is -0.0380. The summed E-state index contributed by atoms with van der Waals surface area (Å²) in [5.41, 5.74) is 0.103. The Morgan fingerprint density at radius 2 is 1.86 bits per heavy atom. The molecule has 0 unspecified atom stereocenters. The topological polar surface area (TPSA) is 128 Å². The molecule has 9 heteroatoms. The molecule has 4 N–H and O–H groups in total. The van der Waals surface area contributed by atoms with Crippen molar-refractivity contribution in [2.24, 2.45) is 15.2 Å². The predicted octanol–water partition coefficient (Wildman–Crippen LogP) is 1.28. The Bertz CT molecular complexity index is 948. The molecule has 112 valence electrons. The van der Waals surface area contributed by atoms with Crippen LogP contribution in [0.25, 0.3) is 10.8 Å². The zero-order chi connectivity index (χ0) is 15.7. The lowest BCUT2D eigenvalue weighted by molar-refractivity contribution is -0.459. The second-order valence-corrected chi connectivity index (χ2v) is 5.85. The smallest absolute Gasteiger partial charge is 0.349 e. The van der Waals surface area contributed by atoms with Gasteiger partial charge >= 0.3 is 5.96 Å². The molecule has 2 aromatic rings. The van der Waals surface area contributed by atoms with E-state index in [0.717, 1.165) is 6.07 Å². The molecule has 1 aliphatic heterocycles. The van der Waals surface area contributed by atoms with Gasteiger partial charge in [-0.25, -0.2) is 0 Å². The van der Waals surface area contributed by atoms with Crippen LogP contribution in [-0.4, -0.2) is 24.0 Å². The molecule has 3 rings (SSSR count). The van der Waals surface area contributed by atoms with Gasteiger partial charge in [0.05, 0.1) is 6.20 Å². The first-order valence-electron chi connectivity index (χ1n) is 6.18. The maximum Gasteiger partial charge on any atom is 0.349 e. The fourth-order valence-corrected chi connectivity index (χ4v) is 2.80. The summed E-state index contributed by atoms with van der Waals surface area (Å²) in [6.45, 7) is 0. The summed E-state index contributed by atoms with van der Waals surface area (Å²) in [7, 11) is -4.47. The van der Waals surface area contributed by atoms with Crippen molar-refractivity contribution in [2.45, 2.75) is 4.90 Å². The Morgan fingerprint density at radius 3 is 2.50 bits per heavy atom. The van der Waals surface area contributed by atoms with Crippen LogP contribution in [-0.2, 0) is 10.1 Å². The number of azo groups is 1. The van der Waals surface area contributed by atoms with Crippen LogP contribution in [0, 0.1) is 0 Å². The molecule has 0 spiro atoms. The van der Waals surface area contributed by atoms with E-state index >= 15 is 0 Å². The van der Waals surface area contributed by atoms with E-state index in [2.05, 4.69) is 15.2 Å².